The molecule has 0 amide bonds. The SMILES string of the molecule is COC(=O)C(C(=O)OC)C(CCc1ccccc1)/C(=C/c1ccccc1)C(C)=O. The van der Waals surface area contributed by atoms with E-state index in [0.29, 0.717) is 18.4 Å². The third-order valence-corrected chi connectivity index (χ3v) is 4.83. The quantitative estimate of drug-likeness (QED) is 0.367. The molecule has 0 fully saturated rings. The van der Waals surface area contributed by atoms with Crippen LogP contribution in [0.25, 0.3) is 6.08 Å². The van der Waals surface area contributed by atoms with Crippen LogP contribution in [0.4, 0.5) is 0 Å². The Kier molecular flexibility index (Phi) is 8.34. The fourth-order valence-corrected chi connectivity index (χ4v) is 3.35. The highest BCUT2D eigenvalue weighted by atomic mass is 16.5. The van der Waals surface area contributed by atoms with Gasteiger partial charge in [0.1, 0.15) is 0 Å². The van der Waals surface area contributed by atoms with E-state index in [1.54, 1.807) is 6.08 Å². The van der Waals surface area contributed by atoms with Crippen LogP contribution in [0.3, 0.4) is 0 Å². The number of esters is 2. The number of hydrogen-bond donors (Lipinski definition) is 0. The molecule has 2 aromatic carbocycles. The number of carbonyl (C=O) groups is 3. The Balaban J connectivity index is 2.49. The highest BCUT2D eigenvalue weighted by Gasteiger charge is 2.39. The first-order valence-corrected chi connectivity index (χ1v) is 9.45. The fourth-order valence-electron chi connectivity index (χ4n) is 3.35. The molecule has 0 aromatic heterocycles. The average Bonchev–Trinajstić information content (AvgIpc) is 2.75. The molecule has 0 aliphatic rings. The predicted molar refractivity (Wildman–Crippen MR) is 111 cm³/mol. The van der Waals surface area contributed by atoms with E-state index in [2.05, 4.69) is 0 Å². The summed E-state index contributed by atoms with van der Waals surface area (Å²) in [5.41, 5.74) is 2.26. The monoisotopic (exact) mass is 394 g/mol. The van der Waals surface area contributed by atoms with Gasteiger partial charge in [-0.3, -0.25) is 14.4 Å². The van der Waals surface area contributed by atoms with E-state index in [0.717, 1.165) is 11.1 Å². The number of carbonyl (C=O) groups excluding carboxylic acids is 3. The van der Waals surface area contributed by atoms with Crippen LogP contribution in [-0.2, 0) is 30.3 Å². The summed E-state index contributed by atoms with van der Waals surface area (Å²) in [4.78, 5) is 37.5. The van der Waals surface area contributed by atoms with E-state index in [4.69, 9.17) is 9.47 Å². The Bertz CT molecular complexity index is 839. The molecular formula is C24H26O5. The van der Waals surface area contributed by atoms with Gasteiger partial charge in [-0.2, -0.15) is 0 Å². The van der Waals surface area contributed by atoms with Gasteiger partial charge in [-0.15, -0.1) is 0 Å². The minimum absolute atomic E-state index is 0.204. The zero-order valence-electron chi connectivity index (χ0n) is 17.0. The summed E-state index contributed by atoms with van der Waals surface area (Å²) in [6, 6.07) is 19.0. The second-order valence-corrected chi connectivity index (χ2v) is 6.72. The van der Waals surface area contributed by atoms with Gasteiger partial charge in [0.25, 0.3) is 0 Å². The van der Waals surface area contributed by atoms with Gasteiger partial charge in [0.05, 0.1) is 14.2 Å². The Morgan fingerprint density at radius 3 is 1.86 bits per heavy atom. The van der Waals surface area contributed by atoms with Crippen molar-refractivity contribution < 1.29 is 23.9 Å². The summed E-state index contributed by atoms with van der Waals surface area (Å²) < 4.78 is 9.74. The topological polar surface area (TPSA) is 69.7 Å². The summed E-state index contributed by atoms with van der Waals surface area (Å²) >= 11 is 0. The van der Waals surface area contributed by atoms with Crippen LogP contribution >= 0.6 is 0 Å². The number of rotatable bonds is 9. The predicted octanol–water partition coefficient (Wildman–Crippen LogP) is 3.87. The molecule has 0 bridgehead atoms. The van der Waals surface area contributed by atoms with Crippen LogP contribution in [0, 0.1) is 11.8 Å². The van der Waals surface area contributed by atoms with Gasteiger partial charge in [-0.25, -0.2) is 0 Å². The van der Waals surface area contributed by atoms with Crippen molar-refractivity contribution in [1.82, 2.24) is 0 Å². The molecule has 0 saturated carbocycles. The number of ether oxygens (including phenoxy) is 2. The average molecular weight is 394 g/mol. The molecule has 152 valence electrons. The van der Waals surface area contributed by atoms with Gasteiger partial charge in [-0.1, -0.05) is 60.7 Å². The van der Waals surface area contributed by atoms with Crippen molar-refractivity contribution in [2.24, 2.45) is 11.8 Å². The smallest absolute Gasteiger partial charge is 0.320 e. The maximum atomic E-state index is 12.6. The Morgan fingerprint density at radius 2 is 1.38 bits per heavy atom. The number of ketones is 1. The van der Waals surface area contributed by atoms with Crippen molar-refractivity contribution >= 4 is 23.8 Å². The minimum atomic E-state index is -1.22. The number of Topliss-reactive ketones (excluding diaryl/α,β-unsaturated/α-hetero) is 1. The van der Waals surface area contributed by atoms with Gasteiger partial charge in [0.2, 0.25) is 0 Å². The standard InChI is InChI=1S/C24H26O5/c1-17(25)21(16-19-12-8-5-9-13-19)20(15-14-18-10-6-4-7-11-18)22(23(26)28-2)24(27)29-3/h4-13,16,20,22H,14-15H2,1-3H3/b21-16+. The molecule has 2 rings (SSSR count). The number of benzene rings is 2. The summed E-state index contributed by atoms with van der Waals surface area (Å²) in [6.07, 6.45) is 2.74. The first-order chi connectivity index (χ1) is 14.0. The lowest BCUT2D eigenvalue weighted by Gasteiger charge is -2.25. The third kappa shape index (κ3) is 6.14. The summed E-state index contributed by atoms with van der Waals surface area (Å²) in [7, 11) is 2.45. The van der Waals surface area contributed by atoms with Crippen LogP contribution in [0.1, 0.15) is 24.5 Å². The van der Waals surface area contributed by atoms with Gasteiger partial charge in [-0.05, 0) is 42.5 Å². The van der Waals surface area contributed by atoms with Crippen molar-refractivity contribution in [1.29, 1.82) is 0 Å². The summed E-state index contributed by atoms with van der Waals surface area (Å²) in [5, 5.41) is 0. The van der Waals surface area contributed by atoms with Gasteiger partial charge in [0.15, 0.2) is 11.7 Å². The van der Waals surface area contributed by atoms with E-state index in [1.807, 2.05) is 60.7 Å². The zero-order chi connectivity index (χ0) is 21.2. The van der Waals surface area contributed by atoms with Gasteiger partial charge < -0.3 is 9.47 Å². The van der Waals surface area contributed by atoms with E-state index < -0.39 is 23.8 Å². The first-order valence-electron chi connectivity index (χ1n) is 9.45. The van der Waals surface area contributed by atoms with Crippen LogP contribution in [-0.4, -0.2) is 31.9 Å². The molecule has 5 nitrogen and oxygen atoms in total. The van der Waals surface area contributed by atoms with Crippen molar-refractivity contribution in [2.45, 2.75) is 19.8 Å². The van der Waals surface area contributed by atoms with Crippen molar-refractivity contribution in [3.05, 3.63) is 77.4 Å². The van der Waals surface area contributed by atoms with Crippen LogP contribution < -0.4 is 0 Å². The van der Waals surface area contributed by atoms with Crippen LogP contribution in [0.2, 0.25) is 0 Å². The van der Waals surface area contributed by atoms with E-state index >= 15 is 0 Å². The highest BCUT2D eigenvalue weighted by molar-refractivity contribution is 6.02. The zero-order valence-corrected chi connectivity index (χ0v) is 17.0. The highest BCUT2D eigenvalue weighted by Crippen LogP contribution is 2.31. The second kappa shape index (κ2) is 11.0. The number of hydrogen-bond acceptors (Lipinski definition) is 5. The molecule has 29 heavy (non-hydrogen) atoms. The summed E-state index contributed by atoms with van der Waals surface area (Å²) in [6.45, 7) is 1.44. The van der Waals surface area contributed by atoms with E-state index in [9.17, 15) is 14.4 Å². The maximum Gasteiger partial charge on any atom is 0.320 e. The Morgan fingerprint density at radius 1 is 0.862 bits per heavy atom. The third-order valence-electron chi connectivity index (χ3n) is 4.83. The number of methoxy groups -OCH3 is 2. The molecule has 0 heterocycles. The van der Waals surface area contributed by atoms with Gasteiger partial charge in [0, 0.05) is 5.92 Å². The number of allylic oxidation sites excluding steroid dienone is 1. The lowest BCUT2D eigenvalue weighted by molar-refractivity contribution is -0.161. The molecule has 0 radical (unpaired) electrons. The first kappa shape index (κ1) is 22.1. The van der Waals surface area contributed by atoms with Crippen molar-refractivity contribution in [3.63, 3.8) is 0 Å². The molecule has 0 aliphatic carbocycles. The van der Waals surface area contributed by atoms with Crippen molar-refractivity contribution in [2.75, 3.05) is 14.2 Å². The molecule has 0 aliphatic heterocycles. The van der Waals surface area contributed by atoms with Crippen LogP contribution in [0.15, 0.2) is 66.2 Å². The lowest BCUT2D eigenvalue weighted by Crippen LogP contribution is -2.36. The molecule has 0 spiro atoms. The normalized spacial score (nSPS) is 12.3. The van der Waals surface area contributed by atoms with E-state index in [-0.39, 0.29) is 5.78 Å². The number of aryl methyl sites for hydroxylation is 1. The lowest BCUT2D eigenvalue weighted by atomic mass is 9.79. The minimum Gasteiger partial charge on any atom is -0.468 e. The maximum absolute atomic E-state index is 12.6. The molecule has 1 unspecified atom stereocenters. The largest absolute Gasteiger partial charge is 0.468 e. The Hall–Kier alpha value is -3.21. The molecule has 2 aromatic rings. The molecule has 0 saturated heterocycles. The second-order valence-electron chi connectivity index (χ2n) is 6.72. The fraction of sp³-hybridized carbons (Fsp3) is 0.292. The van der Waals surface area contributed by atoms with E-state index in [1.165, 1.54) is 21.1 Å². The Labute approximate surface area is 171 Å². The molecule has 0 N–H and O–H groups in total. The summed E-state index contributed by atoms with van der Waals surface area (Å²) in [5.74, 6) is -3.52. The molecule has 1 atom stereocenters. The van der Waals surface area contributed by atoms with Crippen LogP contribution in [0.5, 0.6) is 0 Å². The molecular weight excluding hydrogens is 368 g/mol. The van der Waals surface area contributed by atoms with Gasteiger partial charge >= 0.3 is 11.9 Å². The van der Waals surface area contributed by atoms with Crippen molar-refractivity contribution in [3.8, 4) is 0 Å². The molecule has 5 heteroatoms.